The minimum atomic E-state index is -0.492. The lowest BCUT2D eigenvalue weighted by atomic mass is 9.53. The third-order valence-electron chi connectivity index (χ3n) is 7.39. The maximum atomic E-state index is 12.6. The first kappa shape index (κ1) is 23.5. The molecule has 0 bridgehead atoms. The molecule has 1 aromatic heterocycles. The summed E-state index contributed by atoms with van der Waals surface area (Å²) in [5, 5.41) is 18.9. The maximum Gasteiger partial charge on any atom is 0.223 e. The highest BCUT2D eigenvalue weighted by Crippen LogP contribution is 2.57. The first-order valence-corrected chi connectivity index (χ1v) is 12.3. The predicted octanol–water partition coefficient (Wildman–Crippen LogP) is 3.81. The lowest BCUT2D eigenvalue weighted by Gasteiger charge is -2.53. The van der Waals surface area contributed by atoms with E-state index in [1.165, 1.54) is 11.3 Å². The summed E-state index contributed by atoms with van der Waals surface area (Å²) >= 11 is 1.79. The highest BCUT2D eigenvalue weighted by Gasteiger charge is 2.53. The maximum absolute atomic E-state index is 12.6. The number of aromatic nitrogens is 1. The second kappa shape index (κ2) is 9.96. The van der Waals surface area contributed by atoms with Crippen LogP contribution in [0.1, 0.15) is 69.9 Å². The Morgan fingerprint density at radius 1 is 1.43 bits per heavy atom. The molecule has 1 heterocycles. The van der Waals surface area contributed by atoms with Crippen molar-refractivity contribution in [3.8, 4) is 0 Å². The highest BCUT2D eigenvalue weighted by molar-refractivity contribution is 7.15. The van der Waals surface area contributed by atoms with E-state index < -0.39 is 6.10 Å². The topological polar surface area (TPSA) is 83.5 Å². The molecule has 6 atom stereocenters. The second-order valence-corrected chi connectivity index (χ2v) is 10.6. The first-order valence-electron chi connectivity index (χ1n) is 11.5. The number of thiazole rings is 1. The Bertz CT molecular complexity index is 725. The number of methoxy groups -OCH3 is 1. The zero-order chi connectivity index (χ0) is 21.9. The van der Waals surface area contributed by atoms with E-state index in [0.29, 0.717) is 13.2 Å². The molecule has 1 aromatic rings. The van der Waals surface area contributed by atoms with Crippen LogP contribution in [0, 0.1) is 23.2 Å². The van der Waals surface area contributed by atoms with Gasteiger partial charge in [0.2, 0.25) is 5.91 Å². The van der Waals surface area contributed by atoms with Crippen molar-refractivity contribution in [3.05, 3.63) is 10.6 Å². The van der Waals surface area contributed by atoms with Crippen LogP contribution in [0.4, 0.5) is 5.13 Å². The number of carbonyl (C=O) groups is 1. The van der Waals surface area contributed by atoms with Crippen molar-refractivity contribution in [2.24, 2.45) is 23.2 Å². The van der Waals surface area contributed by atoms with Gasteiger partial charge in [0.25, 0.3) is 0 Å². The van der Waals surface area contributed by atoms with E-state index in [2.05, 4.69) is 31.4 Å². The lowest BCUT2D eigenvalue weighted by molar-refractivity contribution is -0.135. The van der Waals surface area contributed by atoms with Crippen molar-refractivity contribution >= 4 is 22.4 Å². The number of nitrogens with zero attached hydrogens (tertiary/aromatic N) is 1. The van der Waals surface area contributed by atoms with Gasteiger partial charge in [-0.05, 0) is 42.9 Å². The van der Waals surface area contributed by atoms with Crippen molar-refractivity contribution in [2.45, 2.75) is 71.8 Å². The van der Waals surface area contributed by atoms with Gasteiger partial charge in [-0.3, -0.25) is 4.79 Å². The second-order valence-electron chi connectivity index (χ2n) is 9.52. The summed E-state index contributed by atoms with van der Waals surface area (Å²) in [6, 6.07) is 0. The van der Waals surface area contributed by atoms with Crippen molar-refractivity contribution in [3.63, 3.8) is 0 Å². The number of nitrogens with one attached hydrogen (secondary N) is 2. The van der Waals surface area contributed by atoms with Crippen LogP contribution < -0.4 is 10.6 Å². The fraction of sp³-hybridized carbons (Fsp3) is 0.826. The van der Waals surface area contributed by atoms with Gasteiger partial charge >= 0.3 is 0 Å². The van der Waals surface area contributed by atoms with Gasteiger partial charge in [-0.1, -0.05) is 34.1 Å². The molecule has 3 rings (SSSR count). The van der Waals surface area contributed by atoms with Crippen LogP contribution in [0.2, 0.25) is 0 Å². The molecule has 0 radical (unpaired) electrons. The zero-order valence-corrected chi connectivity index (χ0v) is 20.0. The average molecular weight is 438 g/mol. The average Bonchev–Trinajstić information content (AvgIpc) is 3.10. The summed E-state index contributed by atoms with van der Waals surface area (Å²) in [7, 11) is 1.63. The number of rotatable bonds is 9. The molecule has 0 aliphatic heterocycles. The highest BCUT2D eigenvalue weighted by atomic mass is 32.1. The van der Waals surface area contributed by atoms with Gasteiger partial charge in [0.1, 0.15) is 0 Å². The number of aliphatic hydroxyl groups excluding tert-OH is 1. The van der Waals surface area contributed by atoms with Crippen LogP contribution in [0.25, 0.3) is 0 Å². The number of hydrogen-bond acceptors (Lipinski definition) is 6. The summed E-state index contributed by atoms with van der Waals surface area (Å²) in [5.41, 5.74) is 1.21. The molecule has 0 unspecified atom stereocenters. The Labute approximate surface area is 185 Å². The van der Waals surface area contributed by atoms with Crippen LogP contribution in [0.3, 0.4) is 0 Å². The summed E-state index contributed by atoms with van der Waals surface area (Å²) in [4.78, 5) is 18.9. The number of carbonyl (C=O) groups excluding carboxylic acids is 1. The van der Waals surface area contributed by atoms with E-state index >= 15 is 0 Å². The number of aliphatic hydroxyl groups is 1. The molecule has 1 fully saturated rings. The standard InChI is InChI=1S/C23H39N3O3S/c1-6-7-10-25-22-26-19-15(3)18-20(27)16(14(2)21(28)24-11-12-29-5)8-9-23(18,4)13-17(19)30-22/h14-16,18,20,27H,6-13H2,1-5H3,(H,24,28)(H,25,26)/t14-,15-,16-,18+,20-,23-/m0/s1. The third-order valence-corrected chi connectivity index (χ3v) is 8.42. The van der Waals surface area contributed by atoms with Gasteiger partial charge in [0.05, 0.1) is 18.4 Å². The third kappa shape index (κ3) is 4.68. The minimum absolute atomic E-state index is 0.0138. The molecular weight excluding hydrogens is 398 g/mol. The normalized spacial score (nSPS) is 31.5. The molecule has 3 N–H and O–H groups in total. The van der Waals surface area contributed by atoms with Crippen molar-refractivity contribution in [2.75, 3.05) is 32.1 Å². The number of amides is 1. The monoisotopic (exact) mass is 437 g/mol. The van der Waals surface area contributed by atoms with Crippen LogP contribution >= 0.6 is 11.3 Å². The van der Waals surface area contributed by atoms with E-state index in [-0.39, 0.29) is 35.0 Å². The Morgan fingerprint density at radius 2 is 2.20 bits per heavy atom. The smallest absolute Gasteiger partial charge is 0.223 e. The molecule has 2 aliphatic rings. The van der Waals surface area contributed by atoms with Gasteiger partial charge in [0.15, 0.2) is 5.13 Å². The van der Waals surface area contributed by atoms with Crippen LogP contribution in [-0.2, 0) is 16.0 Å². The summed E-state index contributed by atoms with van der Waals surface area (Å²) < 4.78 is 5.03. The Hall–Kier alpha value is -1.18. The van der Waals surface area contributed by atoms with Crippen molar-refractivity contribution < 1.29 is 14.6 Å². The predicted molar refractivity (Wildman–Crippen MR) is 122 cm³/mol. The molecule has 6 nitrogen and oxygen atoms in total. The minimum Gasteiger partial charge on any atom is -0.392 e. The molecule has 0 saturated heterocycles. The summed E-state index contributed by atoms with van der Waals surface area (Å²) in [5.74, 6) is 0.105. The quantitative estimate of drug-likeness (QED) is 0.512. The van der Waals surface area contributed by atoms with Gasteiger partial charge in [-0.2, -0.15) is 0 Å². The van der Waals surface area contributed by atoms with E-state index in [1.54, 1.807) is 18.4 Å². The van der Waals surface area contributed by atoms with Crippen molar-refractivity contribution in [1.82, 2.24) is 10.3 Å². The van der Waals surface area contributed by atoms with Crippen LogP contribution in [0.5, 0.6) is 0 Å². The van der Waals surface area contributed by atoms with Crippen molar-refractivity contribution in [1.29, 1.82) is 0 Å². The zero-order valence-electron chi connectivity index (χ0n) is 19.2. The molecule has 1 amide bonds. The Balaban J connectivity index is 1.74. The van der Waals surface area contributed by atoms with E-state index in [4.69, 9.17) is 9.72 Å². The number of hydrogen-bond donors (Lipinski definition) is 3. The first-order chi connectivity index (χ1) is 14.3. The van der Waals surface area contributed by atoms with E-state index in [0.717, 1.165) is 43.1 Å². The van der Waals surface area contributed by atoms with Crippen LogP contribution in [0.15, 0.2) is 0 Å². The number of anilines is 1. The Kier molecular flexibility index (Phi) is 7.80. The molecule has 0 aromatic carbocycles. The molecular formula is C23H39N3O3S. The number of ether oxygens (including phenoxy) is 1. The molecule has 170 valence electrons. The van der Waals surface area contributed by atoms with Gasteiger partial charge in [0, 0.05) is 36.9 Å². The van der Waals surface area contributed by atoms with E-state index in [1.807, 2.05) is 6.92 Å². The SMILES string of the molecule is CCCCNc1nc2c(s1)C[C@]1(C)CC[C@@H]([C@H](C)C(=O)NCCOC)[C@H](O)[C@H]1[C@@H]2C. The summed E-state index contributed by atoms with van der Waals surface area (Å²) in [6.07, 6.45) is 4.71. The fourth-order valence-electron chi connectivity index (χ4n) is 5.63. The molecule has 1 saturated carbocycles. The fourth-order valence-corrected chi connectivity index (χ4v) is 6.92. The number of fused-ring (bicyclic) bond motifs is 2. The lowest BCUT2D eigenvalue weighted by Crippen LogP contribution is -2.53. The van der Waals surface area contributed by atoms with Gasteiger partial charge in [-0.15, -0.1) is 11.3 Å². The van der Waals surface area contributed by atoms with Crippen LogP contribution in [-0.4, -0.2) is 48.9 Å². The largest absolute Gasteiger partial charge is 0.392 e. The van der Waals surface area contributed by atoms with E-state index in [9.17, 15) is 9.90 Å². The van der Waals surface area contributed by atoms with Gasteiger partial charge < -0.3 is 20.5 Å². The number of unbranched alkanes of at least 4 members (excludes halogenated alkanes) is 1. The molecule has 7 heteroatoms. The van der Waals surface area contributed by atoms with Gasteiger partial charge in [-0.25, -0.2) is 4.98 Å². The molecule has 30 heavy (non-hydrogen) atoms. The Morgan fingerprint density at radius 3 is 2.90 bits per heavy atom. The molecule has 0 spiro atoms. The summed E-state index contributed by atoms with van der Waals surface area (Å²) in [6.45, 7) is 10.7. The molecule has 2 aliphatic carbocycles.